The van der Waals surface area contributed by atoms with E-state index >= 15 is 0 Å². The van der Waals surface area contributed by atoms with Gasteiger partial charge in [0.15, 0.2) is 0 Å². The molecule has 26 heavy (non-hydrogen) atoms. The molecule has 0 fully saturated rings. The van der Waals surface area contributed by atoms with Gasteiger partial charge in [0.2, 0.25) is 0 Å². The minimum atomic E-state index is -1.09. The number of carbonyl (C=O) groups excluding carboxylic acids is 2. The molecule has 0 bridgehead atoms. The first-order valence-electron chi connectivity index (χ1n) is 7.39. The molecular weight excluding hydrogens is 338 g/mol. The van der Waals surface area contributed by atoms with E-state index in [1.165, 1.54) is 29.9 Å². The molecule has 2 amide bonds. The smallest absolute Gasteiger partial charge is 0.336 e. The number of aromatic carboxylic acids is 1. The molecule has 132 valence electrons. The molecule has 8 heteroatoms. The van der Waals surface area contributed by atoms with E-state index in [0.29, 0.717) is 16.7 Å². The first-order valence-corrected chi connectivity index (χ1v) is 7.39. The van der Waals surface area contributed by atoms with Crippen molar-refractivity contribution in [2.24, 2.45) is 5.10 Å². The molecule has 0 aliphatic carbocycles. The van der Waals surface area contributed by atoms with E-state index in [1.54, 1.807) is 36.4 Å². The van der Waals surface area contributed by atoms with E-state index in [1.807, 2.05) is 0 Å². The molecule has 0 atom stereocenters. The van der Waals surface area contributed by atoms with Crippen LogP contribution in [0.4, 0.5) is 0 Å². The summed E-state index contributed by atoms with van der Waals surface area (Å²) in [7, 11) is 0. The fraction of sp³-hybridized carbons (Fsp3) is 0. The fourth-order valence-electron chi connectivity index (χ4n) is 2.02. The number of nitrogens with zero attached hydrogens (tertiary/aromatic N) is 1. The molecule has 0 aromatic heterocycles. The summed E-state index contributed by atoms with van der Waals surface area (Å²) in [5.74, 6) is -2.29. The van der Waals surface area contributed by atoms with Crippen LogP contribution in [0.2, 0.25) is 0 Å². The van der Waals surface area contributed by atoms with Gasteiger partial charge in [0, 0.05) is 17.2 Å². The van der Waals surface area contributed by atoms with Crippen molar-refractivity contribution in [1.29, 1.82) is 0 Å². The molecule has 0 spiro atoms. The average Bonchev–Trinajstić information content (AvgIpc) is 2.66. The van der Waals surface area contributed by atoms with Crippen molar-refractivity contribution in [2.45, 2.75) is 0 Å². The molecule has 2 rings (SSSR count). The lowest BCUT2D eigenvalue weighted by Crippen LogP contribution is -2.18. The van der Waals surface area contributed by atoms with Crippen molar-refractivity contribution < 1.29 is 24.7 Å². The van der Waals surface area contributed by atoms with E-state index in [0.717, 1.165) is 6.08 Å². The average molecular weight is 353 g/mol. The first-order chi connectivity index (χ1) is 12.5. The SMILES string of the molecule is O=C(/C=C/c1cccc(C(=O)N/N=C/c2ccccc2C(=O)O)c1)NO. The number of nitrogens with one attached hydrogen (secondary N) is 2. The van der Waals surface area contributed by atoms with Crippen molar-refractivity contribution in [2.75, 3.05) is 0 Å². The van der Waals surface area contributed by atoms with E-state index in [2.05, 4.69) is 10.5 Å². The van der Waals surface area contributed by atoms with Crippen LogP contribution in [0, 0.1) is 0 Å². The molecule has 0 saturated carbocycles. The van der Waals surface area contributed by atoms with Crippen LogP contribution in [0.5, 0.6) is 0 Å². The summed E-state index contributed by atoms with van der Waals surface area (Å²) in [6.07, 6.45) is 3.78. The zero-order valence-electron chi connectivity index (χ0n) is 13.4. The molecule has 0 aliphatic rings. The summed E-state index contributed by atoms with van der Waals surface area (Å²) in [5, 5.41) is 21.3. The summed E-state index contributed by atoms with van der Waals surface area (Å²) in [5.41, 5.74) is 5.06. The lowest BCUT2D eigenvalue weighted by atomic mass is 10.1. The van der Waals surface area contributed by atoms with E-state index < -0.39 is 17.8 Å². The highest BCUT2D eigenvalue weighted by atomic mass is 16.5. The topological polar surface area (TPSA) is 128 Å². The number of hydrogen-bond acceptors (Lipinski definition) is 5. The summed E-state index contributed by atoms with van der Waals surface area (Å²) in [4.78, 5) is 34.2. The van der Waals surface area contributed by atoms with Crippen LogP contribution in [0.3, 0.4) is 0 Å². The van der Waals surface area contributed by atoms with E-state index in [4.69, 9.17) is 10.3 Å². The second kappa shape index (κ2) is 8.90. The van der Waals surface area contributed by atoms with Gasteiger partial charge in [0.05, 0.1) is 11.8 Å². The van der Waals surface area contributed by atoms with Gasteiger partial charge in [0.1, 0.15) is 0 Å². The Balaban J connectivity index is 2.08. The molecule has 2 aromatic carbocycles. The Hall–Kier alpha value is -3.78. The van der Waals surface area contributed by atoms with Crippen LogP contribution in [-0.2, 0) is 4.79 Å². The Bertz CT molecular complexity index is 890. The number of hydrazone groups is 1. The van der Waals surface area contributed by atoms with Crippen molar-refractivity contribution in [3.63, 3.8) is 0 Å². The fourth-order valence-corrected chi connectivity index (χ4v) is 2.02. The largest absolute Gasteiger partial charge is 0.478 e. The number of rotatable bonds is 6. The predicted octanol–water partition coefficient (Wildman–Crippen LogP) is 1.67. The maximum Gasteiger partial charge on any atom is 0.336 e. The van der Waals surface area contributed by atoms with Gasteiger partial charge < -0.3 is 5.11 Å². The maximum absolute atomic E-state index is 12.1. The van der Waals surface area contributed by atoms with Gasteiger partial charge in [-0.3, -0.25) is 14.8 Å². The Morgan fingerprint density at radius 2 is 1.81 bits per heavy atom. The summed E-state index contributed by atoms with van der Waals surface area (Å²) < 4.78 is 0. The summed E-state index contributed by atoms with van der Waals surface area (Å²) in [6, 6.07) is 12.6. The standard InChI is InChI=1S/C18H15N3O5/c22-16(21-26)9-8-12-4-3-6-13(10-12)17(23)20-19-11-14-5-1-2-7-15(14)18(24)25/h1-11,26H,(H,20,23)(H,21,22)(H,24,25)/b9-8+,19-11+. The monoisotopic (exact) mass is 353 g/mol. The summed E-state index contributed by atoms with van der Waals surface area (Å²) >= 11 is 0. The Morgan fingerprint density at radius 1 is 1.04 bits per heavy atom. The maximum atomic E-state index is 12.1. The van der Waals surface area contributed by atoms with Crippen LogP contribution in [0.1, 0.15) is 31.8 Å². The normalized spacial score (nSPS) is 10.8. The van der Waals surface area contributed by atoms with Crippen LogP contribution in [0.25, 0.3) is 6.08 Å². The van der Waals surface area contributed by atoms with Gasteiger partial charge in [-0.1, -0.05) is 30.3 Å². The zero-order valence-corrected chi connectivity index (χ0v) is 13.4. The Labute approximate surface area is 148 Å². The second-order valence-corrected chi connectivity index (χ2v) is 5.03. The molecular formula is C18H15N3O5. The predicted molar refractivity (Wildman–Crippen MR) is 93.9 cm³/mol. The third-order valence-electron chi connectivity index (χ3n) is 3.25. The molecule has 0 saturated heterocycles. The number of carbonyl (C=O) groups is 3. The van der Waals surface area contributed by atoms with Crippen LogP contribution < -0.4 is 10.9 Å². The lowest BCUT2D eigenvalue weighted by molar-refractivity contribution is -0.124. The van der Waals surface area contributed by atoms with Crippen molar-refractivity contribution in [1.82, 2.24) is 10.9 Å². The lowest BCUT2D eigenvalue weighted by Gasteiger charge is -2.02. The molecule has 2 aromatic rings. The van der Waals surface area contributed by atoms with Gasteiger partial charge in [-0.15, -0.1) is 0 Å². The quantitative estimate of drug-likeness (QED) is 0.272. The number of carboxylic acids is 1. The number of benzene rings is 2. The van der Waals surface area contributed by atoms with Crippen molar-refractivity contribution in [3.8, 4) is 0 Å². The van der Waals surface area contributed by atoms with Gasteiger partial charge in [-0.05, 0) is 29.8 Å². The summed E-state index contributed by atoms with van der Waals surface area (Å²) in [6.45, 7) is 0. The molecule has 0 aliphatic heterocycles. The van der Waals surface area contributed by atoms with Gasteiger partial charge >= 0.3 is 5.97 Å². The highest BCUT2D eigenvalue weighted by Gasteiger charge is 2.07. The molecule has 0 unspecified atom stereocenters. The number of hydrogen-bond donors (Lipinski definition) is 4. The van der Waals surface area contributed by atoms with E-state index in [9.17, 15) is 14.4 Å². The highest BCUT2D eigenvalue weighted by molar-refractivity contribution is 5.99. The highest BCUT2D eigenvalue weighted by Crippen LogP contribution is 2.08. The number of amides is 2. The van der Waals surface area contributed by atoms with Gasteiger partial charge in [-0.2, -0.15) is 5.10 Å². The first kappa shape index (κ1) is 18.6. The van der Waals surface area contributed by atoms with Crippen molar-refractivity contribution in [3.05, 3.63) is 76.9 Å². The van der Waals surface area contributed by atoms with Gasteiger partial charge in [0.25, 0.3) is 11.8 Å². The zero-order chi connectivity index (χ0) is 18.9. The second-order valence-electron chi connectivity index (χ2n) is 5.03. The van der Waals surface area contributed by atoms with E-state index in [-0.39, 0.29) is 5.56 Å². The molecule has 0 radical (unpaired) electrons. The molecule has 0 heterocycles. The minimum absolute atomic E-state index is 0.0693. The Morgan fingerprint density at radius 3 is 2.54 bits per heavy atom. The third kappa shape index (κ3) is 5.11. The Kier molecular flexibility index (Phi) is 6.35. The van der Waals surface area contributed by atoms with Crippen LogP contribution >= 0.6 is 0 Å². The van der Waals surface area contributed by atoms with Gasteiger partial charge in [-0.25, -0.2) is 15.7 Å². The minimum Gasteiger partial charge on any atom is -0.478 e. The van der Waals surface area contributed by atoms with Crippen LogP contribution in [0.15, 0.2) is 59.7 Å². The van der Waals surface area contributed by atoms with Crippen LogP contribution in [-0.4, -0.2) is 34.3 Å². The molecule has 8 nitrogen and oxygen atoms in total. The van der Waals surface area contributed by atoms with Crippen molar-refractivity contribution >= 4 is 30.1 Å². The number of hydroxylamine groups is 1. The molecule has 4 N–H and O–H groups in total. The number of carboxylic acid groups (broad SMARTS) is 1. The third-order valence-corrected chi connectivity index (χ3v) is 3.25.